The van der Waals surface area contributed by atoms with Crippen LogP contribution in [0.1, 0.15) is 10.4 Å². The Balaban J connectivity index is 0.00000261. The van der Waals surface area contributed by atoms with Crippen LogP contribution in [0.25, 0.3) is 10.2 Å². The van der Waals surface area contributed by atoms with E-state index in [0.29, 0.717) is 29.3 Å². The van der Waals surface area contributed by atoms with Gasteiger partial charge in [0.1, 0.15) is 11.3 Å². The number of fused-ring (bicyclic) bond motifs is 1. The first kappa shape index (κ1) is 21.6. The van der Waals surface area contributed by atoms with E-state index in [-0.39, 0.29) is 24.1 Å². The predicted octanol–water partition coefficient (Wildman–Crippen LogP) is 4.79. The van der Waals surface area contributed by atoms with Crippen molar-refractivity contribution in [1.29, 1.82) is 0 Å². The van der Waals surface area contributed by atoms with Gasteiger partial charge in [-0.2, -0.15) is 0 Å². The van der Waals surface area contributed by atoms with Gasteiger partial charge in [0, 0.05) is 18.0 Å². The van der Waals surface area contributed by atoms with Gasteiger partial charge in [-0.15, -0.1) is 24.2 Å². The maximum Gasteiger partial charge on any atom is 0.261 e. The van der Waals surface area contributed by atoms with Crippen LogP contribution in [0.5, 0.6) is 0 Å². The van der Waals surface area contributed by atoms with Crippen LogP contribution in [0, 0.1) is 5.82 Å². The van der Waals surface area contributed by atoms with Crippen molar-refractivity contribution in [3.63, 3.8) is 0 Å². The molecule has 0 aliphatic carbocycles. The fourth-order valence-corrected chi connectivity index (χ4v) is 4.16. The SMILES string of the molecule is CSc1ccccc1C(=O)N(CCN(C)C)c1nc2c(F)cccc2s1.Cl. The van der Waals surface area contributed by atoms with Crippen LogP contribution >= 0.6 is 35.5 Å². The molecule has 0 fully saturated rings. The van der Waals surface area contributed by atoms with Gasteiger partial charge in [-0.1, -0.05) is 29.5 Å². The van der Waals surface area contributed by atoms with E-state index in [0.717, 1.165) is 9.60 Å². The molecule has 8 heteroatoms. The third-order valence-electron chi connectivity index (χ3n) is 3.94. The van der Waals surface area contributed by atoms with Crippen molar-refractivity contribution >= 4 is 56.8 Å². The maximum atomic E-state index is 14.0. The summed E-state index contributed by atoms with van der Waals surface area (Å²) in [5.74, 6) is -0.481. The molecule has 3 aromatic rings. The molecule has 1 heterocycles. The monoisotopic (exact) mass is 425 g/mol. The lowest BCUT2D eigenvalue weighted by Crippen LogP contribution is -2.37. The topological polar surface area (TPSA) is 36.4 Å². The molecular weight excluding hydrogens is 405 g/mol. The molecule has 2 aromatic carbocycles. The number of carbonyl (C=O) groups is 1. The summed E-state index contributed by atoms with van der Waals surface area (Å²) in [6.45, 7) is 1.17. The van der Waals surface area contributed by atoms with E-state index in [9.17, 15) is 9.18 Å². The maximum absolute atomic E-state index is 14.0. The standard InChI is InChI=1S/C19H20FN3OS2.ClH/c1-22(2)11-12-23(18(24)13-7-4-5-9-15(13)25-3)19-21-17-14(20)8-6-10-16(17)26-19;/h4-10H,11-12H2,1-3H3;1H. The van der Waals surface area contributed by atoms with E-state index in [4.69, 9.17) is 0 Å². The number of para-hydroxylation sites is 1. The first-order valence-electron chi connectivity index (χ1n) is 8.16. The van der Waals surface area contributed by atoms with Crippen molar-refractivity contribution in [2.75, 3.05) is 38.3 Å². The zero-order valence-electron chi connectivity index (χ0n) is 15.3. The van der Waals surface area contributed by atoms with E-state index in [1.807, 2.05) is 55.6 Å². The average Bonchev–Trinajstić information content (AvgIpc) is 3.06. The van der Waals surface area contributed by atoms with Crippen LogP contribution in [0.3, 0.4) is 0 Å². The van der Waals surface area contributed by atoms with Gasteiger partial charge in [-0.25, -0.2) is 9.37 Å². The van der Waals surface area contributed by atoms with Crippen LogP contribution in [-0.4, -0.2) is 49.2 Å². The third-order valence-corrected chi connectivity index (χ3v) is 5.78. The Morgan fingerprint density at radius 1 is 1.15 bits per heavy atom. The number of halogens is 2. The number of carbonyl (C=O) groups excluding carboxylic acids is 1. The van der Waals surface area contributed by atoms with Crippen LogP contribution < -0.4 is 4.90 Å². The summed E-state index contributed by atoms with van der Waals surface area (Å²) in [4.78, 5) is 22.3. The Bertz CT molecular complexity index is 932. The Morgan fingerprint density at radius 2 is 1.89 bits per heavy atom. The number of benzene rings is 2. The van der Waals surface area contributed by atoms with E-state index in [1.165, 1.54) is 29.2 Å². The number of anilines is 1. The minimum atomic E-state index is -0.366. The summed E-state index contributed by atoms with van der Waals surface area (Å²) >= 11 is 2.87. The zero-order chi connectivity index (χ0) is 18.7. The van der Waals surface area contributed by atoms with E-state index in [1.54, 1.807) is 11.0 Å². The molecule has 0 spiro atoms. The van der Waals surface area contributed by atoms with Gasteiger partial charge in [-0.05, 0) is 44.6 Å². The fourth-order valence-electron chi connectivity index (χ4n) is 2.57. The molecule has 0 bridgehead atoms. The van der Waals surface area contributed by atoms with Crippen molar-refractivity contribution in [1.82, 2.24) is 9.88 Å². The van der Waals surface area contributed by atoms with Gasteiger partial charge in [0.15, 0.2) is 5.13 Å². The summed E-state index contributed by atoms with van der Waals surface area (Å²) in [6, 6.07) is 12.4. The van der Waals surface area contributed by atoms with E-state index < -0.39 is 0 Å². The second kappa shape index (κ2) is 9.50. The Kier molecular flexibility index (Phi) is 7.61. The summed E-state index contributed by atoms with van der Waals surface area (Å²) in [5.41, 5.74) is 0.951. The lowest BCUT2D eigenvalue weighted by Gasteiger charge is -2.22. The normalized spacial score (nSPS) is 10.9. The number of amides is 1. The molecular formula is C19H21ClFN3OS2. The molecule has 0 aliphatic rings. The molecule has 0 saturated carbocycles. The molecule has 0 radical (unpaired) electrons. The first-order chi connectivity index (χ1) is 12.5. The van der Waals surface area contributed by atoms with Crippen molar-refractivity contribution in [2.24, 2.45) is 0 Å². The smallest absolute Gasteiger partial charge is 0.261 e. The Morgan fingerprint density at radius 3 is 2.56 bits per heavy atom. The van der Waals surface area contributed by atoms with Gasteiger partial charge >= 0.3 is 0 Å². The first-order valence-corrected chi connectivity index (χ1v) is 10.2. The van der Waals surface area contributed by atoms with Crippen molar-refractivity contribution in [3.8, 4) is 0 Å². The summed E-state index contributed by atoms with van der Waals surface area (Å²) in [6.07, 6.45) is 1.95. The second-order valence-corrected chi connectivity index (χ2v) is 7.90. The fraction of sp³-hybridized carbons (Fsp3) is 0.263. The van der Waals surface area contributed by atoms with Gasteiger partial charge in [0.25, 0.3) is 5.91 Å². The summed E-state index contributed by atoms with van der Waals surface area (Å²) < 4.78 is 14.8. The molecule has 3 rings (SSSR count). The zero-order valence-corrected chi connectivity index (χ0v) is 17.8. The van der Waals surface area contributed by atoms with Crippen molar-refractivity contribution in [3.05, 3.63) is 53.8 Å². The van der Waals surface area contributed by atoms with E-state index in [2.05, 4.69) is 4.98 Å². The minimum Gasteiger partial charge on any atom is -0.308 e. The highest BCUT2D eigenvalue weighted by atomic mass is 35.5. The highest BCUT2D eigenvalue weighted by Crippen LogP contribution is 2.32. The molecule has 0 aliphatic heterocycles. The number of hydrogen-bond acceptors (Lipinski definition) is 5. The molecule has 0 atom stereocenters. The second-order valence-electron chi connectivity index (χ2n) is 6.04. The molecule has 27 heavy (non-hydrogen) atoms. The van der Waals surface area contributed by atoms with Crippen LogP contribution in [0.2, 0.25) is 0 Å². The van der Waals surface area contributed by atoms with Crippen LogP contribution in [-0.2, 0) is 0 Å². The molecule has 1 aromatic heterocycles. The predicted molar refractivity (Wildman–Crippen MR) is 115 cm³/mol. The number of aromatic nitrogens is 1. The van der Waals surface area contributed by atoms with Gasteiger partial charge in [0.05, 0.1) is 10.3 Å². The lowest BCUT2D eigenvalue weighted by atomic mass is 10.2. The molecule has 0 N–H and O–H groups in total. The highest BCUT2D eigenvalue weighted by Gasteiger charge is 2.23. The van der Waals surface area contributed by atoms with Crippen molar-refractivity contribution < 1.29 is 9.18 Å². The molecule has 0 unspecified atom stereocenters. The van der Waals surface area contributed by atoms with Gasteiger partial charge in [-0.3, -0.25) is 9.69 Å². The average molecular weight is 426 g/mol. The molecule has 144 valence electrons. The molecule has 4 nitrogen and oxygen atoms in total. The van der Waals surface area contributed by atoms with E-state index >= 15 is 0 Å². The van der Waals surface area contributed by atoms with Crippen LogP contribution in [0.4, 0.5) is 9.52 Å². The number of hydrogen-bond donors (Lipinski definition) is 0. The highest BCUT2D eigenvalue weighted by molar-refractivity contribution is 7.98. The number of rotatable bonds is 6. The van der Waals surface area contributed by atoms with Gasteiger partial charge in [0.2, 0.25) is 0 Å². The third kappa shape index (κ3) is 4.79. The minimum absolute atomic E-state index is 0. The largest absolute Gasteiger partial charge is 0.308 e. The summed E-state index contributed by atoms with van der Waals surface area (Å²) in [5, 5.41) is 0.521. The Labute approximate surface area is 172 Å². The summed E-state index contributed by atoms with van der Waals surface area (Å²) in [7, 11) is 3.91. The van der Waals surface area contributed by atoms with Gasteiger partial charge < -0.3 is 4.90 Å². The Hall–Kier alpha value is -1.67. The lowest BCUT2D eigenvalue weighted by molar-refractivity contribution is 0.0982. The van der Waals surface area contributed by atoms with Crippen LogP contribution in [0.15, 0.2) is 47.4 Å². The molecule has 0 saturated heterocycles. The van der Waals surface area contributed by atoms with Crippen molar-refractivity contribution in [2.45, 2.75) is 4.90 Å². The number of nitrogens with zero attached hydrogens (tertiary/aromatic N) is 3. The molecule has 1 amide bonds. The quantitative estimate of drug-likeness (QED) is 0.532. The number of likely N-dealkylation sites (N-methyl/N-ethyl adjacent to an activating group) is 1. The number of thiazole rings is 1. The number of thioether (sulfide) groups is 1.